The summed E-state index contributed by atoms with van der Waals surface area (Å²) >= 11 is 5.71. The second-order valence-corrected chi connectivity index (χ2v) is 3.11. The van der Waals surface area contributed by atoms with Gasteiger partial charge in [-0.1, -0.05) is 16.8 Å². The van der Waals surface area contributed by atoms with Crippen LogP contribution < -0.4 is 0 Å². The number of nitrogens with zero attached hydrogens (tertiary/aromatic N) is 2. The van der Waals surface area contributed by atoms with Crippen LogP contribution in [-0.2, 0) is 9.53 Å². The monoisotopic (exact) mass is 212 g/mol. The van der Waals surface area contributed by atoms with Gasteiger partial charge in [0.2, 0.25) is 0 Å². The molecule has 0 aromatic heterocycles. The van der Waals surface area contributed by atoms with E-state index in [4.69, 9.17) is 21.5 Å². The van der Waals surface area contributed by atoms with E-state index in [-0.39, 0.29) is 5.84 Å². The molecule has 2 rings (SSSR count). The predicted molar refractivity (Wildman–Crippen MR) is 49.6 cm³/mol. The summed E-state index contributed by atoms with van der Waals surface area (Å²) in [4.78, 5) is 14.8. The number of hydrogen-bond donors (Lipinski definition) is 1. The number of hydrogen-bond acceptors (Lipinski definition) is 4. The fourth-order valence-corrected chi connectivity index (χ4v) is 1.33. The van der Waals surface area contributed by atoms with E-state index >= 15 is 0 Å². The summed E-state index contributed by atoms with van der Waals surface area (Å²) < 4.78 is 4.89. The number of esters is 1. The van der Waals surface area contributed by atoms with Crippen LogP contribution in [0.15, 0.2) is 33.4 Å². The number of rotatable bonds is 0. The first-order valence-electron chi connectivity index (χ1n) is 3.78. The van der Waals surface area contributed by atoms with Crippen molar-refractivity contribution in [2.75, 3.05) is 0 Å². The molecule has 0 saturated carbocycles. The van der Waals surface area contributed by atoms with Crippen LogP contribution >= 0.6 is 11.6 Å². The van der Waals surface area contributed by atoms with Crippen LogP contribution in [0.25, 0.3) is 0 Å². The highest BCUT2D eigenvalue weighted by Crippen LogP contribution is 2.18. The van der Waals surface area contributed by atoms with E-state index in [1.807, 2.05) is 0 Å². The van der Waals surface area contributed by atoms with E-state index in [1.165, 1.54) is 0 Å². The molecule has 1 atom stereocenters. The predicted octanol–water partition coefficient (Wildman–Crippen LogP) is 0.833. The molecule has 0 aromatic carbocycles. The first kappa shape index (κ1) is 8.96. The number of ether oxygens (including phenoxy) is 1. The molecule has 0 amide bonds. The van der Waals surface area contributed by atoms with E-state index in [1.54, 1.807) is 18.2 Å². The quantitative estimate of drug-likeness (QED) is 0.367. The molecule has 0 radical (unpaired) electrons. The lowest BCUT2D eigenvalue weighted by Crippen LogP contribution is -2.35. The molecule has 1 aliphatic carbocycles. The third-order valence-electron chi connectivity index (χ3n) is 1.75. The van der Waals surface area contributed by atoms with Crippen LogP contribution in [0.1, 0.15) is 0 Å². The Balaban J connectivity index is 2.42. The molecule has 1 heterocycles. The van der Waals surface area contributed by atoms with Gasteiger partial charge in [0.25, 0.3) is 5.84 Å². The van der Waals surface area contributed by atoms with Gasteiger partial charge in [-0.05, 0) is 18.2 Å². The molecule has 0 saturated heterocycles. The minimum Gasteiger partial charge on any atom is -0.446 e. The van der Waals surface area contributed by atoms with Gasteiger partial charge in [-0.3, -0.25) is 0 Å². The maximum atomic E-state index is 11.1. The number of carbonyl (C=O) groups excluding carboxylic acids is 1. The number of fused-ring (bicyclic) bond motifs is 1. The van der Waals surface area contributed by atoms with Gasteiger partial charge in [0.15, 0.2) is 6.10 Å². The summed E-state index contributed by atoms with van der Waals surface area (Å²) in [5.74, 6) is -1.12. The lowest BCUT2D eigenvalue weighted by Gasteiger charge is -2.20. The minimum atomic E-state index is -0.752. The third kappa shape index (κ3) is 1.42. The van der Waals surface area contributed by atoms with Crippen LogP contribution in [0.4, 0.5) is 0 Å². The average Bonchev–Trinajstić information content (AvgIpc) is 2.17. The molecular weight excluding hydrogens is 208 g/mol. The summed E-state index contributed by atoms with van der Waals surface area (Å²) in [5, 5.41) is 11.6. The van der Waals surface area contributed by atoms with E-state index in [2.05, 4.69) is 10.1 Å². The van der Waals surface area contributed by atoms with Crippen molar-refractivity contribution in [1.82, 2.24) is 0 Å². The smallest absolute Gasteiger partial charge is 0.380 e. The second-order valence-electron chi connectivity index (χ2n) is 2.67. The van der Waals surface area contributed by atoms with Crippen molar-refractivity contribution in [3.8, 4) is 0 Å². The number of amidine groups is 1. The van der Waals surface area contributed by atoms with E-state index in [9.17, 15) is 4.79 Å². The van der Waals surface area contributed by atoms with Gasteiger partial charge in [-0.2, -0.15) is 0 Å². The number of halogens is 1. The highest BCUT2D eigenvalue weighted by atomic mass is 35.5. The maximum absolute atomic E-state index is 11.1. The molecule has 0 spiro atoms. The SMILES string of the molecule is O=C1OC2C=CC(Cl)=CC2=N/C1=N/O. The van der Waals surface area contributed by atoms with Crippen molar-refractivity contribution in [3.63, 3.8) is 0 Å². The second kappa shape index (κ2) is 3.26. The Morgan fingerprint density at radius 2 is 2.43 bits per heavy atom. The lowest BCUT2D eigenvalue weighted by molar-refractivity contribution is -0.137. The Kier molecular flexibility index (Phi) is 2.09. The Labute approximate surface area is 84.0 Å². The minimum absolute atomic E-state index is 0.368. The molecular formula is C8H5ClN2O3. The fraction of sp³-hybridized carbons (Fsp3) is 0.125. The molecule has 0 aromatic rings. The van der Waals surface area contributed by atoms with E-state index < -0.39 is 12.1 Å². The van der Waals surface area contributed by atoms with Crippen LogP contribution in [0.2, 0.25) is 0 Å². The van der Waals surface area contributed by atoms with Crippen LogP contribution in [0, 0.1) is 0 Å². The van der Waals surface area contributed by atoms with Crippen LogP contribution in [-0.4, -0.2) is 28.8 Å². The van der Waals surface area contributed by atoms with Crippen molar-refractivity contribution in [2.24, 2.45) is 10.1 Å². The first-order valence-corrected chi connectivity index (χ1v) is 4.15. The van der Waals surface area contributed by atoms with E-state index in [0.29, 0.717) is 10.7 Å². The summed E-state index contributed by atoms with van der Waals surface area (Å²) in [6, 6.07) is 0. The number of aliphatic imine (C=N–C) groups is 1. The zero-order chi connectivity index (χ0) is 10.1. The van der Waals surface area contributed by atoms with Crippen molar-refractivity contribution < 1.29 is 14.7 Å². The number of oxime groups is 1. The highest BCUT2D eigenvalue weighted by molar-refractivity contribution is 6.41. The van der Waals surface area contributed by atoms with Gasteiger partial charge in [-0.15, -0.1) is 0 Å². The normalized spacial score (nSPS) is 27.9. The van der Waals surface area contributed by atoms with Crippen LogP contribution in [0.3, 0.4) is 0 Å². The van der Waals surface area contributed by atoms with E-state index in [0.717, 1.165) is 0 Å². The van der Waals surface area contributed by atoms with Crippen LogP contribution in [0.5, 0.6) is 0 Å². The standard InChI is InChI=1S/C8H5ClN2O3/c9-4-1-2-6-5(3-4)10-7(11-13)8(12)14-6/h1-3,6,13H/b11-7+. The van der Waals surface area contributed by atoms with Gasteiger partial charge in [-0.25, -0.2) is 9.79 Å². The Bertz CT molecular complexity index is 409. The lowest BCUT2D eigenvalue weighted by atomic mass is 10.1. The Morgan fingerprint density at radius 1 is 1.64 bits per heavy atom. The number of carbonyl (C=O) groups is 1. The van der Waals surface area contributed by atoms with Gasteiger partial charge in [0.05, 0.1) is 5.71 Å². The Morgan fingerprint density at radius 3 is 3.14 bits per heavy atom. The summed E-state index contributed by atoms with van der Waals surface area (Å²) in [7, 11) is 0. The summed E-state index contributed by atoms with van der Waals surface area (Å²) in [5.41, 5.74) is 0.449. The molecule has 2 aliphatic rings. The molecule has 5 nitrogen and oxygen atoms in total. The number of allylic oxidation sites excluding steroid dienone is 2. The third-order valence-corrected chi connectivity index (χ3v) is 1.99. The molecule has 1 aliphatic heterocycles. The highest BCUT2D eigenvalue weighted by Gasteiger charge is 2.29. The molecule has 14 heavy (non-hydrogen) atoms. The van der Waals surface area contributed by atoms with Gasteiger partial charge in [0.1, 0.15) is 0 Å². The summed E-state index contributed by atoms with van der Waals surface area (Å²) in [6.07, 6.45) is 4.23. The molecule has 1 N–H and O–H groups in total. The molecule has 6 heteroatoms. The van der Waals surface area contributed by atoms with Crippen molar-refractivity contribution in [3.05, 3.63) is 23.3 Å². The van der Waals surface area contributed by atoms with Gasteiger partial charge in [0, 0.05) is 5.03 Å². The Hall–Kier alpha value is -1.62. The first-order chi connectivity index (χ1) is 6.70. The van der Waals surface area contributed by atoms with Crippen molar-refractivity contribution in [1.29, 1.82) is 0 Å². The van der Waals surface area contributed by atoms with Gasteiger partial charge >= 0.3 is 5.97 Å². The summed E-state index contributed by atoms with van der Waals surface area (Å²) in [6.45, 7) is 0. The average molecular weight is 213 g/mol. The maximum Gasteiger partial charge on any atom is 0.380 e. The van der Waals surface area contributed by atoms with Crippen molar-refractivity contribution >= 4 is 29.1 Å². The molecule has 72 valence electrons. The zero-order valence-corrected chi connectivity index (χ0v) is 7.60. The zero-order valence-electron chi connectivity index (χ0n) is 6.85. The fourth-order valence-electron chi connectivity index (χ4n) is 1.14. The van der Waals surface area contributed by atoms with Crippen molar-refractivity contribution in [2.45, 2.75) is 6.10 Å². The molecule has 1 unspecified atom stereocenters. The molecule has 0 fully saturated rings. The molecule has 0 bridgehead atoms. The topological polar surface area (TPSA) is 71.2 Å². The van der Waals surface area contributed by atoms with Gasteiger partial charge < -0.3 is 9.94 Å². The largest absolute Gasteiger partial charge is 0.446 e.